The van der Waals surface area contributed by atoms with E-state index in [1.807, 2.05) is 40.9 Å². The van der Waals surface area contributed by atoms with Gasteiger partial charge in [0.1, 0.15) is 11.6 Å². The molecule has 0 bridgehead atoms. The van der Waals surface area contributed by atoms with Gasteiger partial charge in [0.05, 0.1) is 19.3 Å². The van der Waals surface area contributed by atoms with Crippen molar-refractivity contribution in [1.82, 2.24) is 19.5 Å². The molecule has 1 aromatic carbocycles. The van der Waals surface area contributed by atoms with Crippen LogP contribution in [-0.4, -0.2) is 65.9 Å². The Kier molecular flexibility index (Phi) is 5.73. The number of carbonyl (C=O) groups is 1. The topological polar surface area (TPSA) is 81.0 Å². The number of pyridine rings is 1. The summed E-state index contributed by atoms with van der Waals surface area (Å²) < 4.78 is 12.3. The first-order valence-electron chi connectivity index (χ1n) is 9.69. The zero-order valence-electron chi connectivity index (χ0n) is 16.7. The van der Waals surface area contributed by atoms with Gasteiger partial charge in [-0.25, -0.2) is 0 Å². The lowest BCUT2D eigenvalue weighted by molar-refractivity contribution is 0.102. The van der Waals surface area contributed by atoms with Crippen LogP contribution < -0.4 is 10.1 Å². The number of hydrogen-bond acceptors (Lipinski definition) is 6. The molecule has 1 fully saturated rings. The standard InChI is InChI=1S/C21H25N5O3/c1-28-12-11-25-10-9-15(13-25)20-24-23-19-8-3-16(14-26(19)20)21(27)22-17-4-6-18(29-2)7-5-17/h3-8,14-15H,9-13H2,1-2H3,(H,22,27)/t15-/m0/s1. The summed E-state index contributed by atoms with van der Waals surface area (Å²) in [5.41, 5.74) is 2.02. The number of nitrogens with one attached hydrogen (secondary N) is 1. The summed E-state index contributed by atoms with van der Waals surface area (Å²) in [6.45, 7) is 3.58. The molecule has 8 nitrogen and oxygen atoms in total. The SMILES string of the molecule is COCCN1CC[C@H](c2nnc3ccc(C(=O)Nc4ccc(OC)cc4)cn23)C1. The second-order valence-corrected chi connectivity index (χ2v) is 7.17. The van der Waals surface area contributed by atoms with Crippen LogP contribution in [0.2, 0.25) is 0 Å². The van der Waals surface area contributed by atoms with Crippen LogP contribution in [0.4, 0.5) is 5.69 Å². The molecule has 0 spiro atoms. The molecule has 1 aliphatic rings. The lowest BCUT2D eigenvalue weighted by Gasteiger charge is -2.14. The third-order valence-corrected chi connectivity index (χ3v) is 5.29. The maximum absolute atomic E-state index is 12.7. The molecule has 29 heavy (non-hydrogen) atoms. The predicted octanol–water partition coefficient (Wildman–Crippen LogP) is 2.43. The number of nitrogens with zero attached hydrogens (tertiary/aromatic N) is 4. The first kappa shape index (κ1) is 19.4. The number of ether oxygens (including phenoxy) is 2. The lowest BCUT2D eigenvalue weighted by atomic mass is 10.1. The quantitative estimate of drug-likeness (QED) is 0.662. The van der Waals surface area contributed by atoms with Crippen LogP contribution in [0.1, 0.15) is 28.5 Å². The van der Waals surface area contributed by atoms with Crippen molar-refractivity contribution in [2.24, 2.45) is 0 Å². The molecule has 152 valence electrons. The third kappa shape index (κ3) is 4.23. The van der Waals surface area contributed by atoms with Gasteiger partial charge in [-0.3, -0.25) is 9.20 Å². The molecule has 0 aliphatic carbocycles. The van der Waals surface area contributed by atoms with Crippen LogP contribution in [0.25, 0.3) is 5.65 Å². The van der Waals surface area contributed by atoms with E-state index in [1.54, 1.807) is 20.3 Å². The van der Waals surface area contributed by atoms with Crippen molar-refractivity contribution in [3.05, 3.63) is 54.0 Å². The summed E-state index contributed by atoms with van der Waals surface area (Å²) in [6, 6.07) is 10.8. The highest BCUT2D eigenvalue weighted by atomic mass is 16.5. The number of amides is 1. The second kappa shape index (κ2) is 8.59. The highest BCUT2D eigenvalue weighted by molar-refractivity contribution is 6.04. The van der Waals surface area contributed by atoms with Crippen molar-refractivity contribution in [1.29, 1.82) is 0 Å². The molecule has 1 saturated heterocycles. The van der Waals surface area contributed by atoms with Crippen molar-refractivity contribution < 1.29 is 14.3 Å². The van der Waals surface area contributed by atoms with Crippen LogP contribution in [0.15, 0.2) is 42.6 Å². The molecule has 0 saturated carbocycles. The van der Waals surface area contributed by atoms with Crippen molar-refractivity contribution in [3.63, 3.8) is 0 Å². The Morgan fingerprint density at radius 2 is 2.00 bits per heavy atom. The van der Waals surface area contributed by atoms with E-state index in [1.165, 1.54) is 0 Å². The number of likely N-dealkylation sites (tertiary alicyclic amines) is 1. The third-order valence-electron chi connectivity index (χ3n) is 5.29. The van der Waals surface area contributed by atoms with Crippen LogP contribution in [0, 0.1) is 0 Å². The van der Waals surface area contributed by atoms with E-state index in [4.69, 9.17) is 9.47 Å². The van der Waals surface area contributed by atoms with E-state index in [2.05, 4.69) is 20.4 Å². The number of rotatable bonds is 7. The Bertz CT molecular complexity index is 986. The molecule has 4 rings (SSSR count). The fraction of sp³-hybridized carbons (Fsp3) is 0.381. The zero-order valence-corrected chi connectivity index (χ0v) is 16.7. The van der Waals surface area contributed by atoms with Gasteiger partial charge in [-0.1, -0.05) is 0 Å². The van der Waals surface area contributed by atoms with E-state index in [0.717, 1.165) is 49.9 Å². The molecular weight excluding hydrogens is 370 g/mol. The van der Waals surface area contributed by atoms with Crippen LogP contribution in [-0.2, 0) is 4.74 Å². The Morgan fingerprint density at radius 1 is 1.17 bits per heavy atom. The Hall–Kier alpha value is -2.97. The van der Waals surface area contributed by atoms with Gasteiger partial charge < -0.3 is 19.7 Å². The molecule has 3 aromatic rings. The molecule has 0 unspecified atom stereocenters. The van der Waals surface area contributed by atoms with E-state index in [0.29, 0.717) is 17.2 Å². The van der Waals surface area contributed by atoms with Gasteiger partial charge in [-0.05, 0) is 49.4 Å². The number of hydrogen-bond donors (Lipinski definition) is 1. The first-order valence-corrected chi connectivity index (χ1v) is 9.69. The molecule has 1 amide bonds. The number of methoxy groups -OCH3 is 2. The van der Waals surface area contributed by atoms with Crippen LogP contribution in [0.5, 0.6) is 5.75 Å². The highest BCUT2D eigenvalue weighted by Crippen LogP contribution is 2.26. The molecule has 3 heterocycles. The number of aromatic nitrogens is 3. The van der Waals surface area contributed by atoms with E-state index < -0.39 is 0 Å². The minimum absolute atomic E-state index is 0.176. The van der Waals surface area contributed by atoms with Crippen LogP contribution >= 0.6 is 0 Å². The van der Waals surface area contributed by atoms with Gasteiger partial charge in [-0.15, -0.1) is 10.2 Å². The maximum Gasteiger partial charge on any atom is 0.257 e. The first-order chi connectivity index (χ1) is 14.2. The number of fused-ring (bicyclic) bond motifs is 1. The van der Waals surface area contributed by atoms with Crippen LogP contribution in [0.3, 0.4) is 0 Å². The average Bonchev–Trinajstić information content (AvgIpc) is 3.39. The summed E-state index contributed by atoms with van der Waals surface area (Å²) in [5.74, 6) is 1.76. The van der Waals surface area contributed by atoms with Crippen molar-refractivity contribution >= 4 is 17.2 Å². The van der Waals surface area contributed by atoms with Gasteiger partial charge in [0.2, 0.25) is 0 Å². The fourth-order valence-corrected chi connectivity index (χ4v) is 3.67. The Morgan fingerprint density at radius 3 is 2.76 bits per heavy atom. The van der Waals surface area contributed by atoms with Crippen molar-refractivity contribution in [2.45, 2.75) is 12.3 Å². The van der Waals surface area contributed by atoms with Gasteiger partial charge >= 0.3 is 0 Å². The van der Waals surface area contributed by atoms with E-state index >= 15 is 0 Å². The van der Waals surface area contributed by atoms with Crippen molar-refractivity contribution in [3.8, 4) is 5.75 Å². The number of benzene rings is 1. The molecule has 2 aromatic heterocycles. The van der Waals surface area contributed by atoms with E-state index in [-0.39, 0.29) is 5.91 Å². The molecule has 1 atom stereocenters. The van der Waals surface area contributed by atoms with Gasteiger partial charge in [0, 0.05) is 38.0 Å². The summed E-state index contributed by atoms with van der Waals surface area (Å²) in [5, 5.41) is 11.6. The van der Waals surface area contributed by atoms with E-state index in [9.17, 15) is 4.79 Å². The number of anilines is 1. The molecular formula is C21H25N5O3. The monoisotopic (exact) mass is 395 g/mol. The van der Waals surface area contributed by atoms with Gasteiger partial charge in [-0.2, -0.15) is 0 Å². The molecule has 1 aliphatic heterocycles. The van der Waals surface area contributed by atoms with Gasteiger partial charge in [0.25, 0.3) is 5.91 Å². The molecule has 0 radical (unpaired) electrons. The summed E-state index contributed by atoms with van der Waals surface area (Å²) in [6.07, 6.45) is 2.84. The summed E-state index contributed by atoms with van der Waals surface area (Å²) in [7, 11) is 3.33. The molecule has 1 N–H and O–H groups in total. The summed E-state index contributed by atoms with van der Waals surface area (Å²) in [4.78, 5) is 15.1. The average molecular weight is 395 g/mol. The van der Waals surface area contributed by atoms with Gasteiger partial charge in [0.15, 0.2) is 5.65 Å². The fourth-order valence-electron chi connectivity index (χ4n) is 3.67. The maximum atomic E-state index is 12.7. The molecule has 8 heteroatoms. The van der Waals surface area contributed by atoms with Crippen molar-refractivity contribution in [2.75, 3.05) is 45.8 Å². The second-order valence-electron chi connectivity index (χ2n) is 7.17. The Balaban J connectivity index is 1.51. The predicted molar refractivity (Wildman–Crippen MR) is 110 cm³/mol. The number of carbonyl (C=O) groups excluding carboxylic acids is 1. The highest BCUT2D eigenvalue weighted by Gasteiger charge is 2.27. The minimum atomic E-state index is -0.176. The summed E-state index contributed by atoms with van der Waals surface area (Å²) >= 11 is 0. The normalized spacial score (nSPS) is 17.0. The minimum Gasteiger partial charge on any atom is -0.497 e. The largest absolute Gasteiger partial charge is 0.497 e. The smallest absolute Gasteiger partial charge is 0.257 e. The Labute approximate surface area is 169 Å². The zero-order chi connectivity index (χ0) is 20.2. The lowest BCUT2D eigenvalue weighted by Crippen LogP contribution is -2.24.